The van der Waals surface area contributed by atoms with Crippen molar-refractivity contribution in [3.05, 3.63) is 11.9 Å². The quantitative estimate of drug-likeness (QED) is 0.801. The molecule has 0 bridgehead atoms. The number of hydrogen-bond donors (Lipinski definition) is 2. The summed E-state index contributed by atoms with van der Waals surface area (Å²) in [6, 6.07) is 0.197. The SMILES string of the molecule is CC1CCCN1C(=O)C(N/C=C(\N)C1CCCCC1)C1CCOCC1. The molecular weight excluding hydrogens is 314 g/mol. The lowest BCUT2D eigenvalue weighted by Gasteiger charge is -2.34. The molecule has 3 fully saturated rings. The maximum absolute atomic E-state index is 13.2. The van der Waals surface area contributed by atoms with Gasteiger partial charge in [0.05, 0.1) is 0 Å². The van der Waals surface area contributed by atoms with Crippen molar-refractivity contribution in [2.45, 2.75) is 76.8 Å². The van der Waals surface area contributed by atoms with Gasteiger partial charge in [0.15, 0.2) is 0 Å². The third-order valence-electron chi connectivity index (χ3n) is 6.35. The number of carbonyl (C=O) groups excluding carboxylic acids is 1. The van der Waals surface area contributed by atoms with E-state index in [4.69, 9.17) is 10.5 Å². The molecule has 2 saturated heterocycles. The Hall–Kier alpha value is -1.23. The molecule has 0 spiro atoms. The lowest BCUT2D eigenvalue weighted by molar-refractivity contribution is -0.136. The zero-order valence-corrected chi connectivity index (χ0v) is 15.7. The van der Waals surface area contributed by atoms with Crippen molar-refractivity contribution in [1.82, 2.24) is 10.2 Å². The molecule has 1 aliphatic carbocycles. The highest BCUT2D eigenvalue weighted by Crippen LogP contribution is 2.28. The Morgan fingerprint density at radius 3 is 2.48 bits per heavy atom. The zero-order chi connectivity index (χ0) is 17.6. The van der Waals surface area contributed by atoms with Gasteiger partial charge in [0, 0.05) is 37.7 Å². The number of rotatable bonds is 5. The molecular formula is C20H35N3O2. The number of ether oxygens (including phenoxy) is 1. The smallest absolute Gasteiger partial charge is 0.245 e. The first-order chi connectivity index (χ1) is 12.2. The van der Waals surface area contributed by atoms with Crippen molar-refractivity contribution in [2.24, 2.45) is 17.6 Å². The van der Waals surface area contributed by atoms with E-state index in [1.807, 2.05) is 6.20 Å². The van der Waals surface area contributed by atoms with Gasteiger partial charge in [-0.15, -0.1) is 0 Å². The average Bonchev–Trinajstić information content (AvgIpc) is 3.09. The van der Waals surface area contributed by atoms with Crippen LogP contribution in [-0.4, -0.2) is 42.6 Å². The third kappa shape index (κ3) is 4.69. The molecule has 0 aromatic rings. The Labute approximate surface area is 152 Å². The van der Waals surface area contributed by atoms with Crippen LogP contribution >= 0.6 is 0 Å². The first-order valence-electron chi connectivity index (χ1n) is 10.3. The Kier molecular flexibility index (Phi) is 6.63. The van der Waals surface area contributed by atoms with E-state index < -0.39 is 0 Å². The van der Waals surface area contributed by atoms with Gasteiger partial charge in [-0.05, 0) is 57.3 Å². The summed E-state index contributed by atoms with van der Waals surface area (Å²) in [5, 5.41) is 3.45. The first kappa shape index (κ1) is 18.6. The highest BCUT2D eigenvalue weighted by molar-refractivity contribution is 5.83. The summed E-state index contributed by atoms with van der Waals surface area (Å²) in [4.78, 5) is 15.3. The predicted octanol–water partition coefficient (Wildman–Crippen LogP) is 2.76. The molecule has 3 aliphatic rings. The average molecular weight is 350 g/mol. The van der Waals surface area contributed by atoms with E-state index in [0.29, 0.717) is 17.9 Å². The van der Waals surface area contributed by atoms with Crippen molar-refractivity contribution < 1.29 is 9.53 Å². The largest absolute Gasteiger partial charge is 0.401 e. The molecule has 5 nitrogen and oxygen atoms in total. The minimum absolute atomic E-state index is 0.161. The minimum atomic E-state index is -0.161. The number of nitrogens with two attached hydrogens (primary N) is 1. The number of nitrogens with one attached hydrogen (secondary N) is 1. The fraction of sp³-hybridized carbons (Fsp3) is 0.850. The van der Waals surface area contributed by atoms with E-state index >= 15 is 0 Å². The third-order valence-corrected chi connectivity index (χ3v) is 6.35. The van der Waals surface area contributed by atoms with Gasteiger partial charge in [0.1, 0.15) is 6.04 Å². The van der Waals surface area contributed by atoms with Crippen LogP contribution in [0.15, 0.2) is 11.9 Å². The van der Waals surface area contributed by atoms with Crippen LogP contribution in [0.3, 0.4) is 0 Å². The van der Waals surface area contributed by atoms with Crippen LogP contribution in [0.4, 0.5) is 0 Å². The van der Waals surface area contributed by atoms with Gasteiger partial charge in [0.25, 0.3) is 0 Å². The molecule has 2 heterocycles. The van der Waals surface area contributed by atoms with Crippen molar-refractivity contribution in [3.63, 3.8) is 0 Å². The molecule has 25 heavy (non-hydrogen) atoms. The standard InChI is InChI=1S/C20H35N3O2/c1-15-6-5-11-23(15)20(24)19(17-9-12-25-13-10-17)22-14-18(21)16-7-3-2-4-8-16/h14-17,19,22H,2-13,21H2,1H3/b18-14-. The van der Waals surface area contributed by atoms with Crippen molar-refractivity contribution >= 4 is 5.91 Å². The molecule has 5 heteroatoms. The summed E-state index contributed by atoms with van der Waals surface area (Å²) >= 11 is 0. The Balaban J connectivity index is 1.68. The highest BCUT2D eigenvalue weighted by Gasteiger charge is 2.35. The van der Waals surface area contributed by atoms with Crippen LogP contribution in [0.5, 0.6) is 0 Å². The molecule has 2 unspecified atom stereocenters. The monoisotopic (exact) mass is 349 g/mol. The second-order valence-corrected chi connectivity index (χ2v) is 8.10. The van der Waals surface area contributed by atoms with Gasteiger partial charge in [0.2, 0.25) is 5.91 Å². The topological polar surface area (TPSA) is 67.6 Å². The van der Waals surface area contributed by atoms with Crippen LogP contribution in [0.2, 0.25) is 0 Å². The second kappa shape index (κ2) is 8.93. The number of nitrogens with zero attached hydrogens (tertiary/aromatic N) is 1. The number of allylic oxidation sites excluding steroid dienone is 1. The van der Waals surface area contributed by atoms with Crippen LogP contribution in [0.1, 0.15) is 64.7 Å². The number of hydrogen-bond acceptors (Lipinski definition) is 4. The molecule has 3 rings (SSSR count). The number of likely N-dealkylation sites (tertiary alicyclic amines) is 1. The van der Waals surface area contributed by atoms with Gasteiger partial charge < -0.3 is 20.7 Å². The van der Waals surface area contributed by atoms with Crippen LogP contribution in [0.25, 0.3) is 0 Å². The van der Waals surface area contributed by atoms with Crippen LogP contribution in [0, 0.1) is 11.8 Å². The summed E-state index contributed by atoms with van der Waals surface area (Å²) in [5.41, 5.74) is 7.29. The molecule has 2 aliphatic heterocycles. The molecule has 142 valence electrons. The molecule has 0 aromatic carbocycles. The van der Waals surface area contributed by atoms with E-state index in [2.05, 4.69) is 17.1 Å². The summed E-state index contributed by atoms with van der Waals surface area (Å²) in [6.07, 6.45) is 12.3. The highest BCUT2D eigenvalue weighted by atomic mass is 16.5. The van der Waals surface area contributed by atoms with Crippen molar-refractivity contribution in [1.29, 1.82) is 0 Å². The van der Waals surface area contributed by atoms with E-state index in [-0.39, 0.29) is 11.9 Å². The maximum Gasteiger partial charge on any atom is 0.245 e. The molecule has 1 saturated carbocycles. The number of carbonyl (C=O) groups is 1. The first-order valence-corrected chi connectivity index (χ1v) is 10.3. The fourth-order valence-electron chi connectivity index (χ4n) is 4.64. The Morgan fingerprint density at radius 2 is 1.84 bits per heavy atom. The van der Waals surface area contributed by atoms with E-state index in [1.165, 1.54) is 32.1 Å². The van der Waals surface area contributed by atoms with Gasteiger partial charge in [-0.1, -0.05) is 19.3 Å². The molecule has 2 atom stereocenters. The fourth-order valence-corrected chi connectivity index (χ4v) is 4.64. The van der Waals surface area contributed by atoms with Gasteiger partial charge >= 0.3 is 0 Å². The summed E-state index contributed by atoms with van der Waals surface area (Å²) in [6.45, 7) is 4.57. The van der Waals surface area contributed by atoms with Crippen LogP contribution < -0.4 is 11.1 Å². The summed E-state index contributed by atoms with van der Waals surface area (Å²) < 4.78 is 5.50. The van der Waals surface area contributed by atoms with Crippen LogP contribution in [-0.2, 0) is 9.53 Å². The zero-order valence-electron chi connectivity index (χ0n) is 15.7. The molecule has 0 aromatic heterocycles. The van der Waals surface area contributed by atoms with E-state index in [0.717, 1.165) is 51.1 Å². The van der Waals surface area contributed by atoms with Gasteiger partial charge in [-0.3, -0.25) is 4.79 Å². The van der Waals surface area contributed by atoms with Gasteiger partial charge in [-0.2, -0.15) is 0 Å². The Morgan fingerprint density at radius 1 is 1.12 bits per heavy atom. The molecule has 3 N–H and O–H groups in total. The van der Waals surface area contributed by atoms with E-state index in [1.54, 1.807) is 0 Å². The number of amides is 1. The van der Waals surface area contributed by atoms with E-state index in [9.17, 15) is 4.79 Å². The molecule has 1 amide bonds. The lowest BCUT2D eigenvalue weighted by atomic mass is 9.87. The lowest BCUT2D eigenvalue weighted by Crippen LogP contribution is -2.51. The van der Waals surface area contributed by atoms with Gasteiger partial charge in [-0.25, -0.2) is 0 Å². The minimum Gasteiger partial charge on any atom is -0.401 e. The summed E-state index contributed by atoms with van der Waals surface area (Å²) in [7, 11) is 0. The second-order valence-electron chi connectivity index (χ2n) is 8.10. The normalized spacial score (nSPS) is 28.1. The summed E-state index contributed by atoms with van der Waals surface area (Å²) in [5.74, 6) is 1.08. The predicted molar refractivity (Wildman–Crippen MR) is 99.7 cm³/mol. The van der Waals surface area contributed by atoms with Crippen molar-refractivity contribution in [3.8, 4) is 0 Å². The maximum atomic E-state index is 13.2. The molecule has 0 radical (unpaired) electrons. The Bertz CT molecular complexity index is 468. The van der Waals surface area contributed by atoms with Crippen molar-refractivity contribution in [2.75, 3.05) is 19.8 Å².